The number of hydrogen-bond acceptors (Lipinski definition) is 5. The van der Waals surface area contributed by atoms with Crippen LogP contribution >= 0.6 is 11.5 Å². The van der Waals surface area contributed by atoms with E-state index in [0.717, 1.165) is 31.1 Å². The molecular weight excluding hydrogens is 229 g/mol. The Morgan fingerprint density at radius 1 is 1.62 bits per heavy atom. The van der Waals surface area contributed by atoms with Gasteiger partial charge >= 0.3 is 0 Å². The summed E-state index contributed by atoms with van der Waals surface area (Å²) in [6, 6.07) is 0. The third-order valence-electron chi connectivity index (χ3n) is 2.74. The van der Waals surface area contributed by atoms with Gasteiger partial charge in [0.1, 0.15) is 6.61 Å². The van der Waals surface area contributed by atoms with Crippen molar-refractivity contribution < 1.29 is 9.13 Å². The van der Waals surface area contributed by atoms with Gasteiger partial charge in [-0.1, -0.05) is 0 Å². The molecule has 1 aliphatic heterocycles. The second-order valence-electron chi connectivity index (χ2n) is 4.03. The van der Waals surface area contributed by atoms with Gasteiger partial charge < -0.3 is 9.64 Å². The lowest BCUT2D eigenvalue weighted by atomic mass is 10.0. The van der Waals surface area contributed by atoms with Gasteiger partial charge in [-0.05, 0) is 12.8 Å². The molecule has 0 spiro atoms. The summed E-state index contributed by atoms with van der Waals surface area (Å²) in [4.78, 5) is 6.51. The van der Waals surface area contributed by atoms with Gasteiger partial charge in [0.05, 0.1) is 6.67 Å². The zero-order chi connectivity index (χ0) is 11.4. The lowest BCUT2D eigenvalue weighted by molar-refractivity contribution is 0.179. The number of anilines is 1. The van der Waals surface area contributed by atoms with Crippen molar-refractivity contribution in [2.75, 3.05) is 31.8 Å². The summed E-state index contributed by atoms with van der Waals surface area (Å²) < 4.78 is 21.8. The molecule has 1 aromatic rings. The van der Waals surface area contributed by atoms with E-state index in [1.807, 2.05) is 0 Å². The van der Waals surface area contributed by atoms with Crippen LogP contribution in [0.5, 0.6) is 0 Å². The Kier molecular flexibility index (Phi) is 4.06. The fourth-order valence-electron chi connectivity index (χ4n) is 1.93. The molecule has 0 N–H and O–H groups in total. The minimum absolute atomic E-state index is 0.156. The number of halogens is 1. The molecule has 0 radical (unpaired) electrons. The van der Waals surface area contributed by atoms with Crippen molar-refractivity contribution in [3.8, 4) is 0 Å². The number of piperidine rings is 1. The second kappa shape index (κ2) is 5.54. The summed E-state index contributed by atoms with van der Waals surface area (Å²) in [6.45, 7) is 1.92. The fourth-order valence-corrected chi connectivity index (χ4v) is 2.63. The molecule has 2 heterocycles. The number of rotatable bonds is 4. The van der Waals surface area contributed by atoms with Gasteiger partial charge in [0.25, 0.3) is 0 Å². The highest BCUT2D eigenvalue weighted by molar-refractivity contribution is 7.09. The SMILES string of the molecule is COCc1nsc(N2CCCC(CF)C2)n1. The summed E-state index contributed by atoms with van der Waals surface area (Å²) in [5.74, 6) is 0.869. The average Bonchev–Trinajstić information content (AvgIpc) is 2.78. The molecule has 6 heteroatoms. The maximum Gasteiger partial charge on any atom is 0.205 e. The Morgan fingerprint density at radius 2 is 2.50 bits per heavy atom. The predicted octanol–water partition coefficient (Wildman–Crippen LogP) is 1.87. The van der Waals surface area contributed by atoms with E-state index in [0.29, 0.717) is 12.4 Å². The number of nitrogens with zero attached hydrogens (tertiary/aromatic N) is 3. The summed E-state index contributed by atoms with van der Waals surface area (Å²) in [6.07, 6.45) is 2.02. The van der Waals surface area contributed by atoms with Crippen LogP contribution in [-0.2, 0) is 11.3 Å². The third kappa shape index (κ3) is 2.68. The second-order valence-corrected chi connectivity index (χ2v) is 4.77. The quantitative estimate of drug-likeness (QED) is 0.811. The van der Waals surface area contributed by atoms with E-state index in [-0.39, 0.29) is 12.6 Å². The molecule has 1 atom stereocenters. The van der Waals surface area contributed by atoms with Crippen LogP contribution in [0.4, 0.5) is 9.52 Å². The zero-order valence-electron chi connectivity index (χ0n) is 9.36. The van der Waals surface area contributed by atoms with E-state index in [9.17, 15) is 4.39 Å². The number of alkyl halides is 1. The van der Waals surface area contributed by atoms with E-state index < -0.39 is 0 Å². The molecule has 0 saturated carbocycles. The normalized spacial score (nSPS) is 21.4. The number of methoxy groups -OCH3 is 1. The van der Waals surface area contributed by atoms with E-state index in [1.165, 1.54) is 11.5 Å². The molecule has 16 heavy (non-hydrogen) atoms. The highest BCUT2D eigenvalue weighted by Crippen LogP contribution is 2.24. The van der Waals surface area contributed by atoms with Gasteiger partial charge in [0, 0.05) is 37.6 Å². The lowest BCUT2D eigenvalue weighted by Crippen LogP contribution is -2.36. The van der Waals surface area contributed by atoms with Gasteiger partial charge in [0.2, 0.25) is 5.13 Å². The summed E-state index contributed by atoms with van der Waals surface area (Å²) in [5.41, 5.74) is 0. The molecule has 2 rings (SSSR count). The van der Waals surface area contributed by atoms with Crippen molar-refractivity contribution in [1.82, 2.24) is 9.36 Å². The van der Waals surface area contributed by atoms with Crippen LogP contribution in [0.25, 0.3) is 0 Å². The molecular formula is C10H16FN3OS. The van der Waals surface area contributed by atoms with E-state index in [2.05, 4.69) is 14.3 Å². The lowest BCUT2D eigenvalue weighted by Gasteiger charge is -2.30. The first-order chi connectivity index (χ1) is 7.83. The summed E-state index contributed by atoms with van der Waals surface area (Å²) in [5, 5.41) is 0.894. The maximum absolute atomic E-state index is 12.6. The minimum atomic E-state index is -0.236. The monoisotopic (exact) mass is 245 g/mol. The predicted molar refractivity (Wildman–Crippen MR) is 61.5 cm³/mol. The Morgan fingerprint density at radius 3 is 3.25 bits per heavy atom. The Balaban J connectivity index is 1.99. The number of aromatic nitrogens is 2. The first-order valence-electron chi connectivity index (χ1n) is 5.46. The average molecular weight is 245 g/mol. The van der Waals surface area contributed by atoms with Gasteiger partial charge in [-0.2, -0.15) is 4.37 Å². The van der Waals surface area contributed by atoms with Crippen LogP contribution in [0.1, 0.15) is 18.7 Å². The molecule has 0 bridgehead atoms. The first kappa shape index (κ1) is 11.7. The largest absolute Gasteiger partial charge is 0.377 e. The molecule has 0 aromatic carbocycles. The van der Waals surface area contributed by atoms with Crippen molar-refractivity contribution in [3.05, 3.63) is 5.82 Å². The molecule has 90 valence electrons. The highest BCUT2D eigenvalue weighted by Gasteiger charge is 2.22. The first-order valence-corrected chi connectivity index (χ1v) is 6.23. The van der Waals surface area contributed by atoms with Crippen molar-refractivity contribution in [3.63, 3.8) is 0 Å². The Hall–Kier alpha value is -0.750. The maximum atomic E-state index is 12.6. The molecule has 0 amide bonds. The van der Waals surface area contributed by atoms with Crippen molar-refractivity contribution in [2.45, 2.75) is 19.4 Å². The molecule has 1 fully saturated rings. The van der Waals surface area contributed by atoms with Crippen LogP contribution in [0.3, 0.4) is 0 Å². The van der Waals surface area contributed by atoms with Crippen LogP contribution in [0.15, 0.2) is 0 Å². The molecule has 1 unspecified atom stereocenters. The van der Waals surface area contributed by atoms with E-state index in [1.54, 1.807) is 7.11 Å². The van der Waals surface area contributed by atoms with Crippen LogP contribution in [-0.4, -0.2) is 36.2 Å². The van der Waals surface area contributed by atoms with Crippen molar-refractivity contribution in [2.24, 2.45) is 5.92 Å². The smallest absolute Gasteiger partial charge is 0.205 e. The Bertz CT molecular complexity index is 334. The third-order valence-corrected chi connectivity index (χ3v) is 3.55. The zero-order valence-corrected chi connectivity index (χ0v) is 10.2. The van der Waals surface area contributed by atoms with Gasteiger partial charge in [-0.15, -0.1) is 0 Å². The molecule has 1 aliphatic rings. The topological polar surface area (TPSA) is 38.2 Å². The molecule has 1 aromatic heterocycles. The van der Waals surface area contributed by atoms with Crippen molar-refractivity contribution in [1.29, 1.82) is 0 Å². The molecule has 4 nitrogen and oxygen atoms in total. The summed E-state index contributed by atoms with van der Waals surface area (Å²) in [7, 11) is 1.63. The van der Waals surface area contributed by atoms with Gasteiger partial charge in [0.15, 0.2) is 5.82 Å². The molecule has 0 aliphatic carbocycles. The highest BCUT2D eigenvalue weighted by atomic mass is 32.1. The standard InChI is InChI=1S/C10H16FN3OS/c1-15-7-9-12-10(16-13-9)14-4-2-3-8(5-11)6-14/h8H,2-7H2,1H3. The number of ether oxygens (including phenoxy) is 1. The van der Waals surface area contributed by atoms with Crippen LogP contribution in [0, 0.1) is 5.92 Å². The minimum Gasteiger partial charge on any atom is -0.377 e. The van der Waals surface area contributed by atoms with Gasteiger partial charge in [-0.3, -0.25) is 4.39 Å². The van der Waals surface area contributed by atoms with E-state index >= 15 is 0 Å². The fraction of sp³-hybridized carbons (Fsp3) is 0.800. The van der Waals surface area contributed by atoms with E-state index in [4.69, 9.17) is 4.74 Å². The molecule has 1 saturated heterocycles. The Labute approximate surface area is 98.6 Å². The van der Waals surface area contributed by atoms with Crippen LogP contribution in [0.2, 0.25) is 0 Å². The van der Waals surface area contributed by atoms with Gasteiger partial charge in [-0.25, -0.2) is 4.98 Å². The number of hydrogen-bond donors (Lipinski definition) is 0. The summed E-state index contributed by atoms with van der Waals surface area (Å²) >= 11 is 1.37. The van der Waals surface area contributed by atoms with Crippen molar-refractivity contribution >= 4 is 16.7 Å². The van der Waals surface area contributed by atoms with Crippen LogP contribution < -0.4 is 4.90 Å².